The number of hydrogen-bond donors (Lipinski definition) is 1. The van der Waals surface area contributed by atoms with Crippen molar-refractivity contribution < 1.29 is 13.2 Å². The number of allylic oxidation sites excluding steroid dienone is 4. The molecule has 0 radical (unpaired) electrons. The number of nitrogens with zero attached hydrogens (tertiary/aromatic N) is 1. The Bertz CT molecular complexity index is 1050. The van der Waals surface area contributed by atoms with Crippen molar-refractivity contribution in [3.63, 3.8) is 0 Å². The molecule has 168 valence electrons. The highest BCUT2D eigenvalue weighted by atomic mass is 35.5. The molecular weight excluding hydrogens is 456 g/mol. The van der Waals surface area contributed by atoms with E-state index in [0.29, 0.717) is 16.3 Å². The van der Waals surface area contributed by atoms with Gasteiger partial charge in [-0.05, 0) is 54.2 Å². The van der Waals surface area contributed by atoms with Crippen molar-refractivity contribution in [2.24, 2.45) is 5.92 Å². The fourth-order valence-corrected chi connectivity index (χ4v) is 3.96. The lowest BCUT2D eigenvalue weighted by Crippen LogP contribution is -2.44. The third-order valence-electron chi connectivity index (χ3n) is 5.44. The van der Waals surface area contributed by atoms with Crippen molar-refractivity contribution in [2.45, 2.75) is 31.0 Å². The van der Waals surface area contributed by atoms with Gasteiger partial charge in [0.25, 0.3) is 0 Å². The Morgan fingerprint density at radius 1 is 1.16 bits per heavy atom. The van der Waals surface area contributed by atoms with Crippen molar-refractivity contribution in [2.75, 3.05) is 0 Å². The van der Waals surface area contributed by atoms with Gasteiger partial charge in [-0.15, -0.1) is 0 Å². The van der Waals surface area contributed by atoms with Gasteiger partial charge in [0.15, 0.2) is 0 Å². The molecule has 3 rings (SSSR count). The minimum atomic E-state index is -4.61. The summed E-state index contributed by atoms with van der Waals surface area (Å²) >= 11 is 12.0. The molecular formula is C25H23Cl2F3N2. The predicted molar refractivity (Wildman–Crippen MR) is 125 cm³/mol. The highest BCUT2D eigenvalue weighted by Crippen LogP contribution is 2.44. The minimum absolute atomic E-state index is 0.252. The Labute approximate surface area is 196 Å². The Kier molecular flexibility index (Phi) is 7.21. The van der Waals surface area contributed by atoms with Gasteiger partial charge in [0, 0.05) is 18.3 Å². The summed E-state index contributed by atoms with van der Waals surface area (Å²) in [6.07, 6.45) is 4.07. The van der Waals surface area contributed by atoms with Crippen molar-refractivity contribution in [1.29, 1.82) is 0 Å². The number of nitrogens with one attached hydrogen (secondary N) is 1. The first-order chi connectivity index (χ1) is 15.1. The molecule has 1 aliphatic carbocycles. The van der Waals surface area contributed by atoms with E-state index in [9.17, 15) is 13.2 Å². The number of pyridine rings is 1. The highest BCUT2D eigenvalue weighted by molar-refractivity contribution is 6.31. The molecule has 0 amide bonds. The SMILES string of the molecule is C=C/C=C(\C=C)CC(NC(=C)C1CC1)(c1ccc(Cl)c(C(F)(F)F)c1)c1ccc(Cl)cn1. The lowest BCUT2D eigenvalue weighted by Gasteiger charge is -2.38. The molecule has 7 heteroatoms. The predicted octanol–water partition coefficient (Wildman–Crippen LogP) is 7.85. The fourth-order valence-electron chi connectivity index (χ4n) is 3.62. The molecule has 1 aromatic heterocycles. The number of alkyl halides is 3. The molecule has 0 spiro atoms. The van der Waals surface area contributed by atoms with Gasteiger partial charge in [-0.1, -0.05) is 67.2 Å². The third kappa shape index (κ3) is 5.28. The summed E-state index contributed by atoms with van der Waals surface area (Å²) in [6.45, 7) is 11.7. The van der Waals surface area contributed by atoms with Gasteiger partial charge in [0.1, 0.15) is 5.54 Å². The van der Waals surface area contributed by atoms with Crippen LogP contribution in [0.4, 0.5) is 13.2 Å². The van der Waals surface area contributed by atoms with E-state index in [0.717, 1.165) is 30.2 Å². The topological polar surface area (TPSA) is 24.9 Å². The molecule has 1 aliphatic rings. The lowest BCUT2D eigenvalue weighted by atomic mass is 9.79. The maximum atomic E-state index is 13.7. The first-order valence-electron chi connectivity index (χ1n) is 10.0. The third-order valence-corrected chi connectivity index (χ3v) is 5.99. The van der Waals surface area contributed by atoms with Gasteiger partial charge < -0.3 is 5.32 Å². The van der Waals surface area contributed by atoms with Crippen LogP contribution >= 0.6 is 23.2 Å². The Balaban J connectivity index is 2.29. The van der Waals surface area contributed by atoms with Crippen LogP contribution in [0.2, 0.25) is 10.0 Å². The molecule has 32 heavy (non-hydrogen) atoms. The van der Waals surface area contributed by atoms with E-state index < -0.39 is 17.3 Å². The maximum Gasteiger partial charge on any atom is 0.417 e. The number of halogens is 5. The minimum Gasteiger partial charge on any atom is -0.374 e. The second-order valence-electron chi connectivity index (χ2n) is 7.74. The quantitative estimate of drug-likeness (QED) is 0.371. The molecule has 1 aromatic carbocycles. The second kappa shape index (κ2) is 9.55. The first kappa shape index (κ1) is 24.1. The van der Waals surface area contributed by atoms with Crippen LogP contribution in [0.15, 0.2) is 85.8 Å². The van der Waals surface area contributed by atoms with E-state index in [4.69, 9.17) is 23.2 Å². The van der Waals surface area contributed by atoms with E-state index in [-0.39, 0.29) is 17.4 Å². The molecule has 1 N–H and O–H groups in total. The van der Waals surface area contributed by atoms with Crippen molar-refractivity contribution >= 4 is 23.2 Å². The van der Waals surface area contributed by atoms with Crippen LogP contribution in [0.25, 0.3) is 0 Å². The number of hydrogen-bond acceptors (Lipinski definition) is 2. The van der Waals surface area contributed by atoms with Crippen LogP contribution in [0, 0.1) is 5.92 Å². The molecule has 2 nitrogen and oxygen atoms in total. The van der Waals surface area contributed by atoms with Crippen molar-refractivity contribution in [3.8, 4) is 0 Å². The van der Waals surface area contributed by atoms with Crippen molar-refractivity contribution in [1.82, 2.24) is 10.3 Å². The molecule has 1 fully saturated rings. The summed E-state index contributed by atoms with van der Waals surface area (Å²) in [5, 5.41) is 3.48. The second-order valence-corrected chi connectivity index (χ2v) is 8.59. The zero-order valence-corrected chi connectivity index (χ0v) is 18.9. The highest BCUT2D eigenvalue weighted by Gasteiger charge is 2.41. The Hall–Kier alpha value is -2.50. The zero-order chi connectivity index (χ0) is 23.5. The molecule has 1 heterocycles. The lowest BCUT2D eigenvalue weighted by molar-refractivity contribution is -0.137. The molecule has 0 aliphatic heterocycles. The van der Waals surface area contributed by atoms with Gasteiger partial charge in [0.2, 0.25) is 0 Å². The summed E-state index contributed by atoms with van der Waals surface area (Å²) in [6, 6.07) is 7.27. The van der Waals surface area contributed by atoms with Gasteiger partial charge in [-0.2, -0.15) is 13.2 Å². The van der Waals surface area contributed by atoms with Gasteiger partial charge in [0.05, 0.1) is 21.3 Å². The maximum absolute atomic E-state index is 13.7. The Morgan fingerprint density at radius 2 is 1.88 bits per heavy atom. The van der Waals surface area contributed by atoms with Gasteiger partial charge >= 0.3 is 6.18 Å². The molecule has 0 saturated heterocycles. The summed E-state index contributed by atoms with van der Waals surface area (Å²) in [7, 11) is 0. The standard InChI is InChI=1S/C25H23Cl2F3N2/c1-4-6-17(5-2)14-24(32-16(3)18-7-8-18,23-12-10-20(26)15-31-23)19-9-11-22(27)21(13-19)25(28,29)30/h4-6,9-13,15,18,32H,1-3,7-8,14H2/b17-6+. The van der Waals surface area contributed by atoms with Crippen LogP contribution in [0.3, 0.4) is 0 Å². The van der Waals surface area contributed by atoms with Crippen LogP contribution in [0.5, 0.6) is 0 Å². The van der Waals surface area contributed by atoms with E-state index in [2.05, 4.69) is 30.0 Å². The smallest absolute Gasteiger partial charge is 0.374 e. The largest absolute Gasteiger partial charge is 0.417 e. The number of rotatable bonds is 9. The van der Waals surface area contributed by atoms with Crippen LogP contribution < -0.4 is 5.32 Å². The molecule has 0 bridgehead atoms. The van der Waals surface area contributed by atoms with Crippen LogP contribution in [0.1, 0.15) is 36.1 Å². The van der Waals surface area contributed by atoms with E-state index in [1.807, 2.05) is 0 Å². The number of benzene rings is 1. The number of aromatic nitrogens is 1. The first-order valence-corrected chi connectivity index (χ1v) is 10.8. The summed E-state index contributed by atoms with van der Waals surface area (Å²) in [4.78, 5) is 4.48. The monoisotopic (exact) mass is 478 g/mol. The summed E-state index contributed by atoms with van der Waals surface area (Å²) < 4.78 is 41.2. The fraction of sp³-hybridized carbons (Fsp3) is 0.240. The zero-order valence-electron chi connectivity index (χ0n) is 17.4. The van der Waals surface area contributed by atoms with Gasteiger partial charge in [-0.25, -0.2) is 0 Å². The average molecular weight is 479 g/mol. The average Bonchev–Trinajstić information content (AvgIpc) is 3.58. The normalized spacial score (nSPS) is 16.2. The molecule has 1 unspecified atom stereocenters. The van der Waals surface area contributed by atoms with E-state index in [1.165, 1.54) is 12.3 Å². The van der Waals surface area contributed by atoms with Crippen molar-refractivity contribution in [3.05, 3.63) is 113 Å². The van der Waals surface area contributed by atoms with E-state index >= 15 is 0 Å². The van der Waals surface area contributed by atoms with E-state index in [1.54, 1.807) is 36.4 Å². The summed E-state index contributed by atoms with van der Waals surface area (Å²) in [5.41, 5.74) is 0.265. The van der Waals surface area contributed by atoms with Gasteiger partial charge in [-0.3, -0.25) is 4.98 Å². The molecule has 2 aromatic rings. The molecule has 1 saturated carbocycles. The Morgan fingerprint density at radius 3 is 2.41 bits per heavy atom. The van der Waals surface area contributed by atoms with Crippen LogP contribution in [-0.2, 0) is 11.7 Å². The summed E-state index contributed by atoms with van der Waals surface area (Å²) in [5.74, 6) is 0.256. The molecule has 1 atom stereocenters. The van der Waals surface area contributed by atoms with Crippen LogP contribution in [-0.4, -0.2) is 4.98 Å².